The Kier molecular flexibility index (Phi) is 12.7. The summed E-state index contributed by atoms with van der Waals surface area (Å²) < 4.78 is 0. The molecule has 0 heterocycles. The molecule has 0 saturated carbocycles. The van der Waals surface area contributed by atoms with Crippen LogP contribution in [0.4, 0.5) is 11.4 Å². The molecule has 1 aliphatic rings. The lowest BCUT2D eigenvalue weighted by molar-refractivity contribution is 0.105. The summed E-state index contributed by atoms with van der Waals surface area (Å²) in [5.74, 6) is 0.316. The van der Waals surface area contributed by atoms with E-state index in [1.165, 1.54) is 0 Å². The summed E-state index contributed by atoms with van der Waals surface area (Å²) in [6.45, 7) is 11.3. The molecule has 1 aliphatic carbocycles. The maximum Gasteiger partial charge on any atom is 0.240 e. The van der Waals surface area contributed by atoms with Crippen LogP contribution in [0.5, 0.6) is 0 Å². The van der Waals surface area contributed by atoms with E-state index >= 15 is 0 Å². The molecule has 0 N–H and O–H groups in total. The Bertz CT molecular complexity index is 1460. The average Bonchev–Trinajstić information content (AvgIpc) is 3.02. The second-order valence-corrected chi connectivity index (χ2v) is 12.5. The van der Waals surface area contributed by atoms with Crippen LogP contribution >= 0.6 is 0 Å². The third-order valence-electron chi connectivity index (χ3n) is 10.7. The highest BCUT2D eigenvalue weighted by molar-refractivity contribution is 5.50. The van der Waals surface area contributed by atoms with Crippen LogP contribution in [0.25, 0.3) is 0 Å². The summed E-state index contributed by atoms with van der Waals surface area (Å²) in [5.41, 5.74) is 4.05. The lowest BCUT2D eigenvalue weighted by Crippen LogP contribution is -2.38. The number of nitrogens with zero attached hydrogens (tertiary/aromatic N) is 3. The Morgan fingerprint density at radius 3 is 1.82 bits per heavy atom. The molecule has 6 nitrogen and oxygen atoms in total. The first-order valence-electron chi connectivity index (χ1n) is 16.1. The van der Waals surface area contributed by atoms with Crippen molar-refractivity contribution in [3.63, 3.8) is 0 Å². The second-order valence-electron chi connectivity index (χ2n) is 12.5. The lowest BCUT2D eigenvalue weighted by Gasteiger charge is -2.47. The van der Waals surface area contributed by atoms with Crippen LogP contribution in [0.3, 0.4) is 0 Å². The van der Waals surface area contributed by atoms with Crippen LogP contribution in [0.2, 0.25) is 0 Å². The van der Waals surface area contributed by atoms with Crippen molar-refractivity contribution in [2.75, 3.05) is 0 Å². The van der Waals surface area contributed by atoms with Gasteiger partial charge in [-0.2, -0.15) is 15.0 Å². The predicted molar refractivity (Wildman–Crippen MR) is 177 cm³/mol. The zero-order chi connectivity index (χ0) is 32.1. The molecule has 232 valence electrons. The number of aryl methyl sites for hydroxylation is 2. The van der Waals surface area contributed by atoms with Crippen molar-refractivity contribution in [1.29, 1.82) is 0 Å². The molecule has 0 aliphatic heterocycles. The quantitative estimate of drug-likeness (QED) is 0.117. The van der Waals surface area contributed by atoms with E-state index in [-0.39, 0.29) is 16.2 Å². The van der Waals surface area contributed by atoms with Gasteiger partial charge in [-0.15, -0.1) is 0 Å². The Morgan fingerprint density at radius 1 is 0.773 bits per heavy atom. The minimum Gasteiger partial charge on any atom is -0.211 e. The minimum atomic E-state index is -0.309. The first-order chi connectivity index (χ1) is 21.3. The Morgan fingerprint density at radius 2 is 1.32 bits per heavy atom. The maximum atomic E-state index is 11.7. The number of carbonyl (C=O) groups excluding carboxylic acids is 3. The van der Waals surface area contributed by atoms with Crippen LogP contribution in [-0.2, 0) is 27.2 Å². The maximum absolute atomic E-state index is 11.7. The molecule has 0 bridgehead atoms. The van der Waals surface area contributed by atoms with Gasteiger partial charge in [0.25, 0.3) is 0 Å². The second kappa shape index (κ2) is 16.2. The number of isocyanates is 3. The summed E-state index contributed by atoms with van der Waals surface area (Å²) in [6.07, 6.45) is 21.4. The Balaban J connectivity index is 1.92. The molecule has 0 radical (unpaired) electrons. The Hall–Kier alpha value is -3.94. The van der Waals surface area contributed by atoms with Crippen LogP contribution in [0, 0.1) is 22.2 Å². The molecule has 44 heavy (non-hydrogen) atoms. The normalized spacial score (nSPS) is 20.5. The van der Waals surface area contributed by atoms with E-state index in [2.05, 4.69) is 80.0 Å². The third kappa shape index (κ3) is 8.16. The molecule has 2 atom stereocenters. The average molecular weight is 594 g/mol. The molecule has 6 heteroatoms. The van der Waals surface area contributed by atoms with Crippen LogP contribution < -0.4 is 0 Å². The van der Waals surface area contributed by atoms with Gasteiger partial charge in [0, 0.05) is 5.41 Å². The van der Waals surface area contributed by atoms with Crippen molar-refractivity contribution in [1.82, 2.24) is 0 Å². The van der Waals surface area contributed by atoms with Crippen molar-refractivity contribution in [2.24, 2.45) is 37.1 Å². The molecule has 2 aromatic rings. The van der Waals surface area contributed by atoms with Gasteiger partial charge in [0.05, 0.1) is 17.1 Å². The first-order valence-corrected chi connectivity index (χ1v) is 16.1. The van der Waals surface area contributed by atoms with Crippen molar-refractivity contribution in [3.05, 3.63) is 83.6 Å². The number of hydrogen-bond acceptors (Lipinski definition) is 6. The topological polar surface area (TPSA) is 88.3 Å². The van der Waals surface area contributed by atoms with Crippen molar-refractivity contribution >= 4 is 29.6 Å². The molecule has 3 rings (SSSR count). The zero-order valence-electron chi connectivity index (χ0n) is 27.1. The van der Waals surface area contributed by atoms with E-state index in [4.69, 9.17) is 0 Å². The van der Waals surface area contributed by atoms with Gasteiger partial charge in [0.2, 0.25) is 18.2 Å². The summed E-state index contributed by atoms with van der Waals surface area (Å²) in [5, 5.41) is 0. The van der Waals surface area contributed by atoms with E-state index in [0.29, 0.717) is 17.3 Å². The monoisotopic (exact) mass is 593 g/mol. The van der Waals surface area contributed by atoms with E-state index in [1.807, 2.05) is 42.5 Å². The first kappa shape index (κ1) is 34.5. The lowest BCUT2D eigenvalue weighted by atomic mass is 9.57. The fourth-order valence-electron chi connectivity index (χ4n) is 7.66. The molecule has 2 unspecified atom stereocenters. The van der Waals surface area contributed by atoms with Gasteiger partial charge >= 0.3 is 0 Å². The smallest absolute Gasteiger partial charge is 0.211 e. The van der Waals surface area contributed by atoms with E-state index in [0.717, 1.165) is 81.0 Å². The Labute approximate surface area is 263 Å². The van der Waals surface area contributed by atoms with Gasteiger partial charge in [0.15, 0.2) is 0 Å². The summed E-state index contributed by atoms with van der Waals surface area (Å²) >= 11 is 0. The summed E-state index contributed by atoms with van der Waals surface area (Å²) in [6, 6.07) is 15.6. The summed E-state index contributed by atoms with van der Waals surface area (Å²) in [7, 11) is 0. The molecule has 0 amide bonds. The number of aliphatic imine (C=N–C) groups is 3. The molecule has 2 aromatic carbocycles. The van der Waals surface area contributed by atoms with Crippen molar-refractivity contribution in [3.8, 4) is 0 Å². The van der Waals surface area contributed by atoms with Crippen LogP contribution in [-0.4, -0.2) is 18.2 Å². The summed E-state index contributed by atoms with van der Waals surface area (Å²) in [4.78, 5) is 45.2. The number of benzene rings is 2. The van der Waals surface area contributed by atoms with Crippen molar-refractivity contribution in [2.45, 2.75) is 98.8 Å². The zero-order valence-corrected chi connectivity index (χ0v) is 27.1. The molecular weight excluding hydrogens is 546 g/mol. The van der Waals surface area contributed by atoms with Crippen LogP contribution in [0.15, 0.2) is 87.4 Å². The highest BCUT2D eigenvalue weighted by Gasteiger charge is 2.44. The number of hydrogen-bond donors (Lipinski definition) is 0. The minimum absolute atomic E-state index is 0.0567. The number of rotatable bonds is 15. The molecule has 0 saturated heterocycles. The molecular formula is C38H47N3O3. The van der Waals surface area contributed by atoms with Gasteiger partial charge in [-0.25, -0.2) is 14.4 Å². The van der Waals surface area contributed by atoms with Gasteiger partial charge in [-0.3, -0.25) is 0 Å². The highest BCUT2D eigenvalue weighted by Crippen LogP contribution is 2.53. The van der Waals surface area contributed by atoms with Gasteiger partial charge < -0.3 is 0 Å². The highest BCUT2D eigenvalue weighted by atomic mass is 16.1. The SMILES string of the molecule is CCC(CC)(CCc1cccc(N=C=O)c1)C1C/C=C\C(C)(C(CC)(CC)CCc2cccc(N=C=O)c2)/C=C(/N=C=O)C1. The van der Waals surface area contributed by atoms with Gasteiger partial charge in [-0.05, 0) is 104 Å². The largest absolute Gasteiger partial charge is 0.240 e. The molecule has 0 spiro atoms. The van der Waals surface area contributed by atoms with E-state index in [9.17, 15) is 14.4 Å². The van der Waals surface area contributed by atoms with Crippen molar-refractivity contribution < 1.29 is 14.4 Å². The molecule has 0 fully saturated rings. The standard InChI is InChI=1S/C38H47N3O3/c1-6-37(7-2,21-18-30-13-10-16-33(23-30)39-27-42)32-15-12-20-36(5,26-35(25-32)41-29-44)38(8-3,9-4)22-19-31-14-11-17-34(24-31)40-28-43/h10-14,16-17,20,23-24,26,32H,6-9,15,18-19,21-22,25H2,1-5H3/b20-12-,35-26+. The fourth-order valence-corrected chi connectivity index (χ4v) is 7.66. The molecule has 0 aromatic heterocycles. The van der Waals surface area contributed by atoms with Gasteiger partial charge in [0.1, 0.15) is 0 Å². The number of allylic oxidation sites excluding steroid dienone is 4. The third-order valence-corrected chi connectivity index (χ3v) is 10.7. The van der Waals surface area contributed by atoms with E-state index < -0.39 is 0 Å². The predicted octanol–water partition coefficient (Wildman–Crippen LogP) is 9.99. The van der Waals surface area contributed by atoms with Crippen LogP contribution in [0.1, 0.15) is 97.1 Å². The van der Waals surface area contributed by atoms with E-state index in [1.54, 1.807) is 12.2 Å². The fraction of sp³-hybridized carbons (Fsp3) is 0.500. The van der Waals surface area contributed by atoms with Gasteiger partial charge in [-0.1, -0.05) is 90.0 Å².